The van der Waals surface area contributed by atoms with E-state index < -0.39 is 0 Å². The highest BCUT2D eigenvalue weighted by Crippen LogP contribution is 2.38. The molecular weight excluding hydrogens is 290 g/mol. The minimum Gasteiger partial charge on any atom is -0.347 e. The first kappa shape index (κ1) is 15.3. The standard InChI is InChI=1S/C17H21N5O/c1-12-11-22(15(12)13-7-5-4-6-8-13)17(23)20-14-9-18-16(19-10-14)21(2)3/h4-10,12,15H,11H2,1-3H3,(H,20,23)/t12-,15+/m0/s1. The summed E-state index contributed by atoms with van der Waals surface area (Å²) in [5.74, 6) is 1.07. The number of aromatic nitrogens is 2. The van der Waals surface area contributed by atoms with E-state index in [1.807, 2.05) is 42.1 Å². The van der Waals surface area contributed by atoms with Crippen molar-refractivity contribution in [2.45, 2.75) is 13.0 Å². The van der Waals surface area contributed by atoms with E-state index in [0.29, 0.717) is 17.6 Å². The summed E-state index contributed by atoms with van der Waals surface area (Å²) < 4.78 is 0. The number of hydrogen-bond acceptors (Lipinski definition) is 4. The predicted molar refractivity (Wildman–Crippen MR) is 90.4 cm³/mol. The van der Waals surface area contributed by atoms with Crippen molar-refractivity contribution in [1.29, 1.82) is 0 Å². The highest BCUT2D eigenvalue weighted by atomic mass is 16.2. The number of carbonyl (C=O) groups is 1. The van der Waals surface area contributed by atoms with Crippen LogP contribution in [0.4, 0.5) is 16.4 Å². The molecule has 0 saturated carbocycles. The van der Waals surface area contributed by atoms with Crippen LogP contribution in [-0.4, -0.2) is 41.5 Å². The molecule has 0 unspecified atom stereocenters. The lowest BCUT2D eigenvalue weighted by Crippen LogP contribution is -2.53. The summed E-state index contributed by atoms with van der Waals surface area (Å²) >= 11 is 0. The average molecular weight is 311 g/mol. The smallest absolute Gasteiger partial charge is 0.322 e. The Hall–Kier alpha value is -2.63. The van der Waals surface area contributed by atoms with Crippen molar-refractivity contribution in [1.82, 2.24) is 14.9 Å². The number of hydrogen-bond donors (Lipinski definition) is 1. The molecule has 6 nitrogen and oxygen atoms in total. The van der Waals surface area contributed by atoms with Gasteiger partial charge in [-0.25, -0.2) is 14.8 Å². The van der Waals surface area contributed by atoms with Gasteiger partial charge in [0, 0.05) is 20.6 Å². The molecule has 0 radical (unpaired) electrons. The van der Waals surface area contributed by atoms with E-state index in [1.54, 1.807) is 12.4 Å². The van der Waals surface area contributed by atoms with Crippen LogP contribution in [0.15, 0.2) is 42.7 Å². The molecule has 0 spiro atoms. The van der Waals surface area contributed by atoms with Crippen LogP contribution in [0.5, 0.6) is 0 Å². The van der Waals surface area contributed by atoms with Gasteiger partial charge < -0.3 is 15.1 Å². The molecule has 120 valence electrons. The first-order valence-corrected chi connectivity index (χ1v) is 7.68. The fraction of sp³-hybridized carbons (Fsp3) is 0.353. The fourth-order valence-electron chi connectivity index (χ4n) is 2.87. The number of anilines is 2. The number of carbonyl (C=O) groups excluding carboxylic acids is 1. The van der Waals surface area contributed by atoms with E-state index in [1.165, 1.54) is 5.56 Å². The summed E-state index contributed by atoms with van der Waals surface area (Å²) in [5.41, 5.74) is 1.77. The van der Waals surface area contributed by atoms with Gasteiger partial charge in [0.1, 0.15) is 0 Å². The highest BCUT2D eigenvalue weighted by Gasteiger charge is 2.39. The second-order valence-corrected chi connectivity index (χ2v) is 6.08. The first-order valence-electron chi connectivity index (χ1n) is 7.68. The number of rotatable bonds is 3. The van der Waals surface area contributed by atoms with Gasteiger partial charge in [0.05, 0.1) is 24.1 Å². The van der Waals surface area contributed by atoms with E-state index >= 15 is 0 Å². The van der Waals surface area contributed by atoms with Crippen LogP contribution < -0.4 is 10.2 Å². The second-order valence-electron chi connectivity index (χ2n) is 6.08. The van der Waals surface area contributed by atoms with Crippen molar-refractivity contribution >= 4 is 17.7 Å². The third-order valence-electron chi connectivity index (χ3n) is 4.05. The van der Waals surface area contributed by atoms with Gasteiger partial charge >= 0.3 is 6.03 Å². The van der Waals surface area contributed by atoms with Gasteiger partial charge in [-0.05, 0) is 11.5 Å². The lowest BCUT2D eigenvalue weighted by atomic mass is 9.85. The van der Waals surface area contributed by atoms with Crippen molar-refractivity contribution in [3.8, 4) is 0 Å². The zero-order valence-electron chi connectivity index (χ0n) is 13.6. The average Bonchev–Trinajstić information content (AvgIpc) is 2.54. The first-order chi connectivity index (χ1) is 11.1. The molecular formula is C17H21N5O. The molecule has 1 aliphatic heterocycles. The number of nitrogens with one attached hydrogen (secondary N) is 1. The van der Waals surface area contributed by atoms with Gasteiger partial charge in [-0.1, -0.05) is 37.3 Å². The topological polar surface area (TPSA) is 61.4 Å². The molecule has 23 heavy (non-hydrogen) atoms. The van der Waals surface area contributed by atoms with Crippen LogP contribution in [0.3, 0.4) is 0 Å². The maximum Gasteiger partial charge on any atom is 0.322 e. The summed E-state index contributed by atoms with van der Waals surface area (Å²) in [4.78, 5) is 24.6. The number of urea groups is 1. The normalized spacial score (nSPS) is 19.9. The van der Waals surface area contributed by atoms with E-state index in [2.05, 4.69) is 34.3 Å². The largest absolute Gasteiger partial charge is 0.347 e. The van der Waals surface area contributed by atoms with Crippen LogP contribution in [-0.2, 0) is 0 Å². The second kappa shape index (κ2) is 6.24. The minimum absolute atomic E-state index is 0.113. The molecule has 2 aromatic rings. The Morgan fingerprint density at radius 3 is 2.43 bits per heavy atom. The summed E-state index contributed by atoms with van der Waals surface area (Å²) in [5, 5.41) is 2.87. The Kier molecular flexibility index (Phi) is 4.14. The Morgan fingerprint density at radius 2 is 1.87 bits per heavy atom. The Balaban J connectivity index is 1.68. The maximum atomic E-state index is 12.5. The van der Waals surface area contributed by atoms with E-state index in [-0.39, 0.29) is 12.1 Å². The van der Waals surface area contributed by atoms with E-state index in [4.69, 9.17) is 0 Å². The Bertz CT molecular complexity index is 671. The Morgan fingerprint density at radius 1 is 1.22 bits per heavy atom. The zero-order valence-corrected chi connectivity index (χ0v) is 13.6. The molecule has 2 atom stereocenters. The van der Waals surface area contributed by atoms with Gasteiger partial charge in [-0.3, -0.25) is 0 Å². The van der Waals surface area contributed by atoms with Gasteiger partial charge in [-0.15, -0.1) is 0 Å². The van der Waals surface area contributed by atoms with Gasteiger partial charge in [0.15, 0.2) is 0 Å². The van der Waals surface area contributed by atoms with Crippen LogP contribution in [0.2, 0.25) is 0 Å². The molecule has 1 fully saturated rings. The fourth-order valence-corrected chi connectivity index (χ4v) is 2.87. The molecule has 2 amide bonds. The van der Waals surface area contributed by atoms with E-state index in [9.17, 15) is 4.79 Å². The van der Waals surface area contributed by atoms with Gasteiger partial charge in [0.2, 0.25) is 5.95 Å². The molecule has 0 aliphatic carbocycles. The molecule has 1 aromatic carbocycles. The Labute approximate surface area is 136 Å². The molecule has 3 rings (SSSR count). The third-order valence-corrected chi connectivity index (χ3v) is 4.05. The van der Waals surface area contributed by atoms with Crippen molar-refractivity contribution in [2.24, 2.45) is 5.92 Å². The van der Waals surface area contributed by atoms with Crippen molar-refractivity contribution < 1.29 is 4.79 Å². The maximum absolute atomic E-state index is 12.5. The molecule has 1 saturated heterocycles. The minimum atomic E-state index is -0.113. The predicted octanol–water partition coefficient (Wildman–Crippen LogP) is 2.77. The molecule has 1 aromatic heterocycles. The molecule has 6 heteroatoms. The van der Waals surface area contributed by atoms with Crippen molar-refractivity contribution in [3.05, 3.63) is 48.3 Å². The van der Waals surface area contributed by atoms with Crippen molar-refractivity contribution in [3.63, 3.8) is 0 Å². The molecule has 1 N–H and O–H groups in total. The van der Waals surface area contributed by atoms with Gasteiger partial charge in [-0.2, -0.15) is 0 Å². The van der Waals surface area contributed by atoms with Gasteiger partial charge in [0.25, 0.3) is 0 Å². The summed E-state index contributed by atoms with van der Waals surface area (Å²) in [6, 6.07) is 10.1. The number of amides is 2. The third kappa shape index (κ3) is 3.11. The molecule has 0 bridgehead atoms. The van der Waals surface area contributed by atoms with Crippen LogP contribution in [0, 0.1) is 5.92 Å². The zero-order chi connectivity index (χ0) is 16.4. The van der Waals surface area contributed by atoms with Crippen LogP contribution >= 0.6 is 0 Å². The van der Waals surface area contributed by atoms with Crippen LogP contribution in [0.25, 0.3) is 0 Å². The SMILES string of the molecule is C[C@H]1CN(C(=O)Nc2cnc(N(C)C)nc2)[C@H]1c1ccccc1. The number of likely N-dealkylation sites (tertiary alicyclic amines) is 1. The van der Waals surface area contributed by atoms with Crippen molar-refractivity contribution in [2.75, 3.05) is 30.9 Å². The quantitative estimate of drug-likeness (QED) is 0.947. The lowest BCUT2D eigenvalue weighted by molar-refractivity contribution is 0.0671. The summed E-state index contributed by atoms with van der Waals surface area (Å²) in [7, 11) is 3.75. The number of nitrogens with zero attached hydrogens (tertiary/aromatic N) is 4. The number of benzene rings is 1. The van der Waals surface area contributed by atoms with E-state index in [0.717, 1.165) is 6.54 Å². The van der Waals surface area contributed by atoms with Crippen LogP contribution in [0.1, 0.15) is 18.5 Å². The summed E-state index contributed by atoms with van der Waals surface area (Å²) in [6.45, 7) is 2.92. The lowest BCUT2D eigenvalue weighted by Gasteiger charge is -2.46. The highest BCUT2D eigenvalue weighted by molar-refractivity contribution is 5.90. The summed E-state index contributed by atoms with van der Waals surface area (Å²) in [6.07, 6.45) is 3.25. The molecule has 2 heterocycles. The monoisotopic (exact) mass is 311 g/mol. The molecule has 1 aliphatic rings.